The van der Waals surface area contributed by atoms with Gasteiger partial charge in [-0.3, -0.25) is 4.98 Å². The zero-order chi connectivity index (χ0) is 20.5. The molecule has 0 bridgehead atoms. The van der Waals surface area contributed by atoms with E-state index < -0.39 is 0 Å². The second kappa shape index (κ2) is 7.97. The van der Waals surface area contributed by atoms with Crippen molar-refractivity contribution < 1.29 is 4.42 Å². The number of pyridine rings is 1. The van der Waals surface area contributed by atoms with Gasteiger partial charge >= 0.3 is 0 Å². The topological polar surface area (TPSA) is 46.2 Å². The highest BCUT2D eigenvalue weighted by molar-refractivity contribution is 7.80. The molecule has 7 heteroatoms. The van der Waals surface area contributed by atoms with E-state index >= 15 is 0 Å². The summed E-state index contributed by atoms with van der Waals surface area (Å²) in [5, 5.41) is 4.84. The number of thiocarbonyl (C=S) groups is 1. The van der Waals surface area contributed by atoms with Crippen molar-refractivity contribution in [3.63, 3.8) is 0 Å². The van der Waals surface area contributed by atoms with Gasteiger partial charge in [-0.05, 0) is 66.8 Å². The Morgan fingerprint density at radius 1 is 1.07 bits per heavy atom. The standard InChI is InChI=1S/C23H19ClN4OS/c24-16-6-3-7-17(14-16)27-12-4-10-20(27)22-21(19-9-1-2-11-25-19)26-23(30)28(22)15-18-8-5-13-29-18/h1-14,21-22H,15H2,(H,26,30)/t21-,22-/m1/s1. The van der Waals surface area contributed by atoms with Crippen LogP contribution in [0, 0.1) is 0 Å². The van der Waals surface area contributed by atoms with E-state index in [2.05, 4.69) is 25.8 Å². The summed E-state index contributed by atoms with van der Waals surface area (Å²) < 4.78 is 7.76. The molecule has 0 saturated carbocycles. The minimum absolute atomic E-state index is 0.0773. The van der Waals surface area contributed by atoms with Crippen LogP contribution in [-0.4, -0.2) is 19.6 Å². The van der Waals surface area contributed by atoms with Crippen molar-refractivity contribution in [1.29, 1.82) is 0 Å². The molecule has 150 valence electrons. The molecular formula is C23H19ClN4OS. The molecule has 5 rings (SSSR count). The van der Waals surface area contributed by atoms with E-state index in [9.17, 15) is 0 Å². The van der Waals surface area contributed by atoms with Crippen LogP contribution in [0.2, 0.25) is 5.02 Å². The normalized spacial score (nSPS) is 18.6. The van der Waals surface area contributed by atoms with Crippen molar-refractivity contribution >= 4 is 28.9 Å². The predicted molar refractivity (Wildman–Crippen MR) is 120 cm³/mol. The van der Waals surface area contributed by atoms with E-state index in [1.807, 2.05) is 73.1 Å². The molecule has 3 aromatic heterocycles. The average Bonchev–Trinajstić information content (AvgIpc) is 3.50. The van der Waals surface area contributed by atoms with E-state index in [1.54, 1.807) is 6.26 Å². The van der Waals surface area contributed by atoms with Gasteiger partial charge in [-0.1, -0.05) is 23.7 Å². The monoisotopic (exact) mass is 434 g/mol. The van der Waals surface area contributed by atoms with Crippen LogP contribution in [0.1, 0.15) is 29.2 Å². The summed E-state index contributed by atoms with van der Waals surface area (Å²) in [6.45, 7) is 0.563. The van der Waals surface area contributed by atoms with Crippen LogP contribution in [0.4, 0.5) is 0 Å². The maximum atomic E-state index is 6.27. The molecule has 4 heterocycles. The number of furan rings is 1. The quantitative estimate of drug-likeness (QED) is 0.432. The summed E-state index contributed by atoms with van der Waals surface area (Å²) in [4.78, 5) is 6.76. The Hall–Kier alpha value is -3.09. The van der Waals surface area contributed by atoms with E-state index in [-0.39, 0.29) is 12.1 Å². The molecule has 1 aliphatic heterocycles. The first-order valence-corrected chi connectivity index (χ1v) is 10.4. The molecule has 1 fully saturated rings. The van der Waals surface area contributed by atoms with Crippen LogP contribution in [0.15, 0.2) is 89.8 Å². The van der Waals surface area contributed by atoms with Gasteiger partial charge in [0.1, 0.15) is 5.76 Å². The molecule has 5 nitrogen and oxygen atoms in total. The third-order valence-electron chi connectivity index (χ3n) is 5.27. The fraction of sp³-hybridized carbons (Fsp3) is 0.130. The summed E-state index contributed by atoms with van der Waals surface area (Å²) >= 11 is 12.0. The molecule has 0 unspecified atom stereocenters. The number of aromatic nitrogens is 2. The first-order chi connectivity index (χ1) is 14.7. The molecule has 30 heavy (non-hydrogen) atoms. The maximum Gasteiger partial charge on any atom is 0.170 e. The SMILES string of the molecule is S=C1N[C@H](c2ccccn2)[C@@H](c2cccn2-c2cccc(Cl)c2)N1Cc1ccco1. The van der Waals surface area contributed by atoms with E-state index in [1.165, 1.54) is 0 Å². The number of benzene rings is 1. The highest BCUT2D eigenvalue weighted by Crippen LogP contribution is 2.40. The molecule has 2 atom stereocenters. The fourth-order valence-electron chi connectivity index (χ4n) is 3.96. The largest absolute Gasteiger partial charge is 0.467 e. The zero-order valence-electron chi connectivity index (χ0n) is 16.0. The Kier molecular flexibility index (Phi) is 5.02. The third-order valence-corrected chi connectivity index (χ3v) is 5.86. The second-order valence-corrected chi connectivity index (χ2v) is 7.94. The Morgan fingerprint density at radius 2 is 2.00 bits per heavy atom. The van der Waals surface area contributed by atoms with Gasteiger partial charge in [0.25, 0.3) is 0 Å². The van der Waals surface area contributed by atoms with Crippen LogP contribution in [0.5, 0.6) is 0 Å². The van der Waals surface area contributed by atoms with Gasteiger partial charge in [0, 0.05) is 28.8 Å². The second-order valence-electron chi connectivity index (χ2n) is 7.12. The lowest BCUT2D eigenvalue weighted by Crippen LogP contribution is -2.29. The Bertz CT molecular complexity index is 1160. The van der Waals surface area contributed by atoms with Gasteiger partial charge in [-0.2, -0.15) is 0 Å². The number of hydrogen-bond donors (Lipinski definition) is 1. The molecule has 1 saturated heterocycles. The zero-order valence-corrected chi connectivity index (χ0v) is 17.6. The number of nitrogens with zero attached hydrogens (tertiary/aromatic N) is 3. The third kappa shape index (κ3) is 3.49. The number of nitrogens with one attached hydrogen (secondary N) is 1. The van der Waals surface area contributed by atoms with Crippen LogP contribution in [-0.2, 0) is 6.54 Å². The summed E-state index contributed by atoms with van der Waals surface area (Å²) in [6, 6.07) is 21.6. The number of hydrogen-bond acceptors (Lipinski definition) is 3. The predicted octanol–water partition coefficient (Wildman–Crippen LogP) is 5.29. The van der Waals surface area contributed by atoms with Gasteiger partial charge in [-0.15, -0.1) is 0 Å². The number of halogens is 1. The van der Waals surface area contributed by atoms with Crippen LogP contribution in [0.3, 0.4) is 0 Å². The minimum Gasteiger partial charge on any atom is -0.467 e. The van der Waals surface area contributed by atoms with E-state index in [0.717, 1.165) is 22.8 Å². The van der Waals surface area contributed by atoms with Crippen molar-refractivity contribution in [2.45, 2.75) is 18.6 Å². The molecule has 0 aliphatic carbocycles. The van der Waals surface area contributed by atoms with Crippen LogP contribution in [0.25, 0.3) is 5.69 Å². The lowest BCUT2D eigenvalue weighted by Gasteiger charge is -2.28. The van der Waals surface area contributed by atoms with Crippen molar-refractivity contribution in [3.05, 3.63) is 108 Å². The van der Waals surface area contributed by atoms with Gasteiger partial charge in [0.15, 0.2) is 5.11 Å². The summed E-state index contributed by atoms with van der Waals surface area (Å²) in [7, 11) is 0. The Labute approximate surface area is 184 Å². The van der Waals surface area contributed by atoms with Gasteiger partial charge in [0.05, 0.1) is 30.6 Å². The molecule has 0 amide bonds. The van der Waals surface area contributed by atoms with Crippen molar-refractivity contribution in [2.24, 2.45) is 0 Å². The molecule has 1 aliphatic rings. The van der Waals surface area contributed by atoms with Gasteiger partial charge in [0.2, 0.25) is 0 Å². The first kappa shape index (κ1) is 18.9. The Balaban J connectivity index is 1.61. The number of rotatable bonds is 5. The molecule has 1 N–H and O–H groups in total. The highest BCUT2D eigenvalue weighted by Gasteiger charge is 2.41. The van der Waals surface area contributed by atoms with Crippen LogP contribution >= 0.6 is 23.8 Å². The van der Waals surface area contributed by atoms with Crippen molar-refractivity contribution in [2.75, 3.05) is 0 Å². The smallest absolute Gasteiger partial charge is 0.170 e. The van der Waals surface area contributed by atoms with Crippen LogP contribution < -0.4 is 5.32 Å². The molecular weight excluding hydrogens is 416 g/mol. The van der Waals surface area contributed by atoms with Gasteiger partial charge in [-0.25, -0.2) is 0 Å². The molecule has 0 radical (unpaired) electrons. The molecule has 4 aromatic rings. The fourth-order valence-corrected chi connectivity index (χ4v) is 4.45. The highest BCUT2D eigenvalue weighted by atomic mass is 35.5. The average molecular weight is 435 g/mol. The minimum atomic E-state index is -0.0958. The summed E-state index contributed by atoms with van der Waals surface area (Å²) in [6.07, 6.45) is 5.53. The van der Waals surface area contributed by atoms with E-state index in [4.69, 9.17) is 28.2 Å². The summed E-state index contributed by atoms with van der Waals surface area (Å²) in [5.41, 5.74) is 3.02. The lowest BCUT2D eigenvalue weighted by molar-refractivity contribution is 0.280. The summed E-state index contributed by atoms with van der Waals surface area (Å²) in [5.74, 6) is 0.853. The van der Waals surface area contributed by atoms with Crippen molar-refractivity contribution in [1.82, 2.24) is 19.8 Å². The first-order valence-electron chi connectivity index (χ1n) is 9.64. The Morgan fingerprint density at radius 3 is 2.77 bits per heavy atom. The molecule has 1 aromatic carbocycles. The van der Waals surface area contributed by atoms with E-state index in [0.29, 0.717) is 16.7 Å². The van der Waals surface area contributed by atoms with Crippen molar-refractivity contribution in [3.8, 4) is 5.69 Å². The molecule has 0 spiro atoms. The lowest BCUT2D eigenvalue weighted by atomic mass is 10.0. The maximum absolute atomic E-state index is 6.27. The van der Waals surface area contributed by atoms with Gasteiger partial charge < -0.3 is 19.2 Å².